The molecule has 0 aliphatic heterocycles. The van der Waals surface area contributed by atoms with Crippen LogP contribution in [-0.4, -0.2) is 57.6 Å². The molecule has 0 aromatic heterocycles. The molecule has 0 fully saturated rings. The second-order valence-electron chi connectivity index (χ2n) is 8.39. The Balaban J connectivity index is 2.37. The van der Waals surface area contributed by atoms with Crippen molar-refractivity contribution in [3.05, 3.63) is 58.6 Å². The number of nitrogens with one attached hydrogen (secondary N) is 1. The van der Waals surface area contributed by atoms with Crippen LogP contribution in [0.3, 0.4) is 0 Å². The molecule has 0 heterocycles. The molecule has 2 rings (SSSR count). The summed E-state index contributed by atoms with van der Waals surface area (Å²) in [5.74, 6) is -0.133. The summed E-state index contributed by atoms with van der Waals surface area (Å²) in [5, 5.41) is 3.32. The zero-order chi connectivity index (χ0) is 26.2. The molecule has 0 unspecified atom stereocenters. The predicted octanol–water partition coefficient (Wildman–Crippen LogP) is 3.76. The van der Waals surface area contributed by atoms with E-state index >= 15 is 0 Å². The van der Waals surface area contributed by atoms with E-state index in [1.54, 1.807) is 63.4 Å². The summed E-state index contributed by atoms with van der Waals surface area (Å²) >= 11 is 6.04. The monoisotopic (exact) mass is 523 g/mol. The second kappa shape index (κ2) is 12.8. The summed E-state index contributed by atoms with van der Waals surface area (Å²) in [6.45, 7) is 5.56. The maximum Gasteiger partial charge on any atom is 0.244 e. The minimum absolute atomic E-state index is 0.127. The largest absolute Gasteiger partial charge is 0.497 e. The normalized spacial score (nSPS) is 12.1. The zero-order valence-electron chi connectivity index (χ0n) is 20.9. The zero-order valence-corrected chi connectivity index (χ0v) is 22.4. The summed E-state index contributed by atoms with van der Waals surface area (Å²) in [6.07, 6.45) is 2.79. The Morgan fingerprint density at radius 3 is 2.34 bits per heavy atom. The van der Waals surface area contributed by atoms with E-state index in [0.717, 1.165) is 29.0 Å². The van der Waals surface area contributed by atoms with Gasteiger partial charge in [0.15, 0.2) is 0 Å². The van der Waals surface area contributed by atoms with E-state index < -0.39 is 28.5 Å². The summed E-state index contributed by atoms with van der Waals surface area (Å²) < 4.78 is 31.6. The number of sulfonamides is 1. The first-order valence-corrected chi connectivity index (χ1v) is 13.6. The molecule has 0 saturated heterocycles. The Bertz CT molecular complexity index is 1120. The van der Waals surface area contributed by atoms with Crippen LogP contribution in [0.2, 0.25) is 5.02 Å². The van der Waals surface area contributed by atoms with Gasteiger partial charge in [0.05, 0.1) is 19.1 Å². The summed E-state index contributed by atoms with van der Waals surface area (Å²) in [4.78, 5) is 27.8. The smallest absolute Gasteiger partial charge is 0.244 e. The molecule has 0 aliphatic carbocycles. The highest BCUT2D eigenvalue weighted by atomic mass is 35.5. The van der Waals surface area contributed by atoms with Crippen molar-refractivity contribution in [2.24, 2.45) is 0 Å². The van der Waals surface area contributed by atoms with Gasteiger partial charge in [0.2, 0.25) is 21.8 Å². The summed E-state index contributed by atoms with van der Waals surface area (Å²) in [6, 6.07) is 11.1. The molecule has 35 heavy (non-hydrogen) atoms. The topological polar surface area (TPSA) is 96.0 Å². The first-order chi connectivity index (χ1) is 16.5. The van der Waals surface area contributed by atoms with Crippen molar-refractivity contribution in [3.8, 4) is 5.75 Å². The van der Waals surface area contributed by atoms with Crippen LogP contribution in [0.15, 0.2) is 42.5 Å². The lowest BCUT2D eigenvalue weighted by molar-refractivity contribution is -0.139. The van der Waals surface area contributed by atoms with Crippen molar-refractivity contribution >= 4 is 39.1 Å². The Labute approximate surface area is 213 Å². The molecule has 0 radical (unpaired) electrons. The highest BCUT2D eigenvalue weighted by molar-refractivity contribution is 7.92. The average Bonchev–Trinajstić information content (AvgIpc) is 2.80. The maximum absolute atomic E-state index is 13.5. The summed E-state index contributed by atoms with van der Waals surface area (Å²) in [7, 11) is -2.24. The van der Waals surface area contributed by atoms with Crippen molar-refractivity contribution in [2.45, 2.75) is 46.2 Å². The fourth-order valence-electron chi connectivity index (χ4n) is 3.54. The van der Waals surface area contributed by atoms with Crippen molar-refractivity contribution in [1.82, 2.24) is 10.2 Å². The molecule has 0 saturated carbocycles. The maximum atomic E-state index is 13.5. The number of aryl methyl sites for hydroxylation is 1. The van der Waals surface area contributed by atoms with Crippen molar-refractivity contribution in [2.75, 3.05) is 30.8 Å². The molecule has 192 valence electrons. The minimum atomic E-state index is -3.80. The van der Waals surface area contributed by atoms with Crippen LogP contribution in [0.25, 0.3) is 0 Å². The fraction of sp³-hybridized carbons (Fsp3) is 0.440. The van der Waals surface area contributed by atoms with Crippen LogP contribution in [0, 0.1) is 6.92 Å². The molecule has 0 bridgehead atoms. The van der Waals surface area contributed by atoms with Crippen LogP contribution < -0.4 is 14.4 Å². The molecule has 1 N–H and O–H groups in total. The van der Waals surface area contributed by atoms with E-state index in [1.807, 2.05) is 6.92 Å². The van der Waals surface area contributed by atoms with E-state index in [1.165, 1.54) is 4.90 Å². The van der Waals surface area contributed by atoms with Gasteiger partial charge in [-0.05, 0) is 61.7 Å². The molecule has 1 atom stereocenters. The average molecular weight is 524 g/mol. The molecule has 0 aliphatic rings. The Morgan fingerprint density at radius 2 is 1.80 bits per heavy atom. The molecular formula is C25H34ClN3O5S. The first kappa shape index (κ1) is 28.5. The van der Waals surface area contributed by atoms with Crippen molar-refractivity contribution in [1.29, 1.82) is 0 Å². The van der Waals surface area contributed by atoms with Crippen molar-refractivity contribution in [3.63, 3.8) is 0 Å². The van der Waals surface area contributed by atoms with E-state index in [9.17, 15) is 18.0 Å². The molecule has 2 amide bonds. The van der Waals surface area contributed by atoms with E-state index in [2.05, 4.69) is 5.32 Å². The summed E-state index contributed by atoms with van der Waals surface area (Å²) in [5.41, 5.74) is 1.75. The SMILES string of the molecule is CCCCNC(=O)[C@H](C)N(Cc1ccc(OC)cc1)C(=O)CN(c1ccc(Cl)cc1C)S(C)(=O)=O. The van der Waals surface area contributed by atoms with E-state index in [-0.39, 0.29) is 12.5 Å². The van der Waals surface area contributed by atoms with Crippen molar-refractivity contribution < 1.29 is 22.7 Å². The number of hydrogen-bond donors (Lipinski definition) is 1. The lowest BCUT2D eigenvalue weighted by Gasteiger charge is -2.32. The number of ether oxygens (including phenoxy) is 1. The van der Waals surface area contributed by atoms with Crippen LogP contribution in [0.1, 0.15) is 37.8 Å². The van der Waals surface area contributed by atoms with Gasteiger partial charge in [-0.15, -0.1) is 0 Å². The molecule has 0 spiro atoms. The first-order valence-electron chi connectivity index (χ1n) is 11.4. The van der Waals surface area contributed by atoms with Gasteiger partial charge in [-0.25, -0.2) is 8.42 Å². The molecule has 2 aromatic rings. The number of methoxy groups -OCH3 is 1. The highest BCUT2D eigenvalue weighted by Gasteiger charge is 2.30. The minimum Gasteiger partial charge on any atom is -0.497 e. The number of carbonyl (C=O) groups is 2. The number of anilines is 1. The van der Waals surface area contributed by atoms with Gasteiger partial charge < -0.3 is 15.0 Å². The second-order valence-corrected chi connectivity index (χ2v) is 10.7. The number of amides is 2. The van der Waals surface area contributed by atoms with E-state index in [0.29, 0.717) is 28.6 Å². The molecular weight excluding hydrogens is 490 g/mol. The number of hydrogen-bond acceptors (Lipinski definition) is 5. The van der Waals surface area contributed by atoms with Crippen LogP contribution >= 0.6 is 11.6 Å². The van der Waals surface area contributed by atoms with Gasteiger partial charge in [-0.1, -0.05) is 37.1 Å². The standard InChI is InChI=1S/C25H34ClN3O5S/c1-6-7-14-27-25(31)19(3)28(16-20-8-11-22(34-4)12-9-20)24(30)17-29(35(5,32)33)23-13-10-21(26)15-18(23)2/h8-13,15,19H,6-7,14,16-17H2,1-5H3,(H,27,31)/t19-/m0/s1. The fourth-order valence-corrected chi connectivity index (χ4v) is 4.67. The molecule has 8 nitrogen and oxygen atoms in total. The molecule has 2 aromatic carbocycles. The van der Waals surface area contributed by atoms with Crippen LogP contribution in [-0.2, 0) is 26.2 Å². The number of halogens is 1. The Hall–Kier alpha value is -2.78. The number of carbonyl (C=O) groups excluding carboxylic acids is 2. The highest BCUT2D eigenvalue weighted by Crippen LogP contribution is 2.26. The number of rotatable bonds is 12. The van der Waals surface area contributed by atoms with Gasteiger partial charge in [0.1, 0.15) is 18.3 Å². The lowest BCUT2D eigenvalue weighted by atomic mass is 10.1. The third kappa shape index (κ3) is 8.14. The van der Waals surface area contributed by atoms with Gasteiger partial charge in [0, 0.05) is 18.1 Å². The Morgan fingerprint density at radius 1 is 1.14 bits per heavy atom. The van der Waals surface area contributed by atoms with Crippen LogP contribution in [0.5, 0.6) is 5.75 Å². The molecule has 10 heteroatoms. The van der Waals surface area contributed by atoms with Gasteiger partial charge in [-0.2, -0.15) is 0 Å². The van der Waals surface area contributed by atoms with Crippen LogP contribution in [0.4, 0.5) is 5.69 Å². The number of unbranched alkanes of at least 4 members (excludes halogenated alkanes) is 1. The Kier molecular flexibility index (Phi) is 10.4. The third-order valence-corrected chi connectivity index (χ3v) is 6.98. The third-order valence-electron chi connectivity index (χ3n) is 5.62. The number of benzene rings is 2. The lowest BCUT2D eigenvalue weighted by Crippen LogP contribution is -2.51. The van der Waals surface area contributed by atoms with Gasteiger partial charge in [-0.3, -0.25) is 13.9 Å². The van der Waals surface area contributed by atoms with Gasteiger partial charge in [0.25, 0.3) is 0 Å². The quantitative estimate of drug-likeness (QED) is 0.427. The predicted molar refractivity (Wildman–Crippen MR) is 139 cm³/mol. The van der Waals surface area contributed by atoms with Gasteiger partial charge >= 0.3 is 0 Å². The number of nitrogens with zero attached hydrogens (tertiary/aromatic N) is 2. The van der Waals surface area contributed by atoms with E-state index in [4.69, 9.17) is 16.3 Å².